The number of carbonyl (C=O) groups excluding carboxylic acids is 1. The van der Waals surface area contributed by atoms with Crippen molar-refractivity contribution in [3.63, 3.8) is 0 Å². The first-order chi connectivity index (χ1) is 5.37. The smallest absolute Gasteiger partial charge is 0.136 e. The number of ketones is 1. The topological polar surface area (TPSA) is 49.3 Å². The molecule has 12 heavy (non-hydrogen) atoms. The first kappa shape index (κ1) is 9.68. The maximum absolute atomic E-state index is 11.3. The highest BCUT2D eigenvalue weighted by Crippen LogP contribution is 2.25. The molecule has 1 rings (SSSR count). The van der Waals surface area contributed by atoms with E-state index in [1.165, 1.54) is 0 Å². The number of rotatable bonds is 1. The molecular weight excluding hydrogens is 154 g/mol. The normalized spacial score (nSPS) is 35.2. The molecule has 3 nitrogen and oxygen atoms in total. The Bertz CT molecular complexity index is 201. The number of aliphatic hydroxyl groups is 1. The average Bonchev–Trinajstić information content (AvgIpc) is 1.82. The van der Waals surface area contributed by atoms with Crippen molar-refractivity contribution >= 4 is 5.78 Å². The van der Waals surface area contributed by atoms with Gasteiger partial charge in [-0.1, -0.05) is 0 Å². The second kappa shape index (κ2) is 2.82. The molecule has 1 heterocycles. The van der Waals surface area contributed by atoms with Crippen molar-refractivity contribution in [2.24, 2.45) is 0 Å². The van der Waals surface area contributed by atoms with Gasteiger partial charge in [0, 0.05) is 23.9 Å². The standard InChI is InChI=1S/C9H17NO2/c1-8(2)4-7(12)5-9(3,6-11)10-8/h10-11H,4-6H2,1-3H3. The molecule has 1 fully saturated rings. The Balaban J connectivity index is 2.76. The Morgan fingerprint density at radius 3 is 2.42 bits per heavy atom. The van der Waals surface area contributed by atoms with E-state index in [0.29, 0.717) is 12.8 Å². The first-order valence-corrected chi connectivity index (χ1v) is 4.29. The Kier molecular flexibility index (Phi) is 2.27. The van der Waals surface area contributed by atoms with Gasteiger partial charge in [-0.25, -0.2) is 0 Å². The van der Waals surface area contributed by atoms with Gasteiger partial charge in [-0.15, -0.1) is 0 Å². The summed E-state index contributed by atoms with van der Waals surface area (Å²) in [6.45, 7) is 5.86. The van der Waals surface area contributed by atoms with Crippen LogP contribution in [0.25, 0.3) is 0 Å². The third-order valence-corrected chi connectivity index (χ3v) is 2.22. The van der Waals surface area contributed by atoms with Gasteiger partial charge in [0.05, 0.1) is 6.61 Å². The summed E-state index contributed by atoms with van der Waals surface area (Å²) in [4.78, 5) is 11.3. The van der Waals surface area contributed by atoms with Gasteiger partial charge in [0.25, 0.3) is 0 Å². The lowest BCUT2D eigenvalue weighted by atomic mass is 9.81. The summed E-state index contributed by atoms with van der Waals surface area (Å²) < 4.78 is 0. The van der Waals surface area contributed by atoms with Crippen LogP contribution in [-0.2, 0) is 4.79 Å². The maximum atomic E-state index is 11.3. The lowest BCUT2D eigenvalue weighted by Crippen LogP contribution is -2.61. The van der Waals surface area contributed by atoms with Gasteiger partial charge in [-0.2, -0.15) is 0 Å². The fraction of sp³-hybridized carbons (Fsp3) is 0.889. The maximum Gasteiger partial charge on any atom is 0.136 e. The molecule has 0 spiro atoms. The zero-order valence-corrected chi connectivity index (χ0v) is 7.98. The summed E-state index contributed by atoms with van der Waals surface area (Å²) in [6.07, 6.45) is 0.996. The molecule has 0 aliphatic carbocycles. The molecule has 0 aromatic heterocycles. The molecular formula is C9H17NO2. The zero-order valence-electron chi connectivity index (χ0n) is 7.98. The van der Waals surface area contributed by atoms with Gasteiger partial charge in [-0.3, -0.25) is 4.79 Å². The molecule has 0 radical (unpaired) electrons. The van der Waals surface area contributed by atoms with Gasteiger partial charge < -0.3 is 10.4 Å². The minimum absolute atomic E-state index is 0.0160. The van der Waals surface area contributed by atoms with Crippen LogP contribution in [0.5, 0.6) is 0 Å². The van der Waals surface area contributed by atoms with Crippen molar-refractivity contribution in [1.29, 1.82) is 0 Å². The number of aliphatic hydroxyl groups excluding tert-OH is 1. The van der Waals surface area contributed by atoms with E-state index in [-0.39, 0.29) is 17.9 Å². The molecule has 0 amide bonds. The van der Waals surface area contributed by atoms with E-state index in [4.69, 9.17) is 5.11 Å². The molecule has 1 saturated heterocycles. The van der Waals surface area contributed by atoms with Gasteiger partial charge in [-0.05, 0) is 20.8 Å². The summed E-state index contributed by atoms with van der Waals surface area (Å²) in [5, 5.41) is 12.4. The molecule has 0 bridgehead atoms. The average molecular weight is 171 g/mol. The molecule has 0 saturated carbocycles. The van der Waals surface area contributed by atoms with E-state index in [1.54, 1.807) is 0 Å². The zero-order chi connectivity index (χ0) is 9.41. The summed E-state index contributed by atoms with van der Waals surface area (Å²) in [6, 6.07) is 0. The second-order valence-corrected chi connectivity index (χ2v) is 4.62. The molecule has 1 aliphatic heterocycles. The van der Waals surface area contributed by atoms with Crippen LogP contribution in [0.2, 0.25) is 0 Å². The highest BCUT2D eigenvalue weighted by Gasteiger charge is 2.39. The van der Waals surface area contributed by atoms with E-state index in [1.807, 2.05) is 20.8 Å². The lowest BCUT2D eigenvalue weighted by molar-refractivity contribution is -0.125. The van der Waals surface area contributed by atoms with Gasteiger partial charge in [0.2, 0.25) is 0 Å². The number of hydrogen-bond donors (Lipinski definition) is 2. The number of piperidine rings is 1. The highest BCUT2D eigenvalue weighted by atomic mass is 16.3. The minimum Gasteiger partial charge on any atom is -0.394 e. The fourth-order valence-corrected chi connectivity index (χ4v) is 1.99. The van der Waals surface area contributed by atoms with E-state index in [2.05, 4.69) is 5.32 Å². The number of nitrogens with one attached hydrogen (secondary N) is 1. The van der Waals surface area contributed by atoms with Gasteiger partial charge in [0.1, 0.15) is 5.78 Å². The SMILES string of the molecule is CC1(C)CC(=O)CC(C)(CO)N1. The molecule has 3 heteroatoms. The summed E-state index contributed by atoms with van der Waals surface area (Å²) in [5.74, 6) is 0.232. The van der Waals surface area contributed by atoms with Crippen LogP contribution in [0, 0.1) is 0 Å². The summed E-state index contributed by atoms with van der Waals surface area (Å²) in [7, 11) is 0. The molecule has 70 valence electrons. The van der Waals surface area contributed by atoms with Crippen LogP contribution < -0.4 is 5.32 Å². The quantitative estimate of drug-likeness (QED) is 0.603. The second-order valence-electron chi connectivity index (χ2n) is 4.62. The number of hydrogen-bond acceptors (Lipinski definition) is 3. The molecule has 1 unspecified atom stereocenters. The molecule has 0 aromatic carbocycles. The van der Waals surface area contributed by atoms with Crippen molar-refractivity contribution in [1.82, 2.24) is 5.32 Å². The lowest BCUT2D eigenvalue weighted by Gasteiger charge is -2.42. The van der Waals surface area contributed by atoms with Crippen LogP contribution in [0.15, 0.2) is 0 Å². The van der Waals surface area contributed by atoms with Crippen LogP contribution in [0.4, 0.5) is 0 Å². The van der Waals surface area contributed by atoms with Crippen molar-refractivity contribution in [3.8, 4) is 0 Å². The van der Waals surface area contributed by atoms with Crippen molar-refractivity contribution in [2.45, 2.75) is 44.7 Å². The monoisotopic (exact) mass is 171 g/mol. The fourth-order valence-electron chi connectivity index (χ4n) is 1.99. The number of carbonyl (C=O) groups is 1. The van der Waals surface area contributed by atoms with E-state index in [0.717, 1.165) is 0 Å². The molecule has 1 atom stereocenters. The Labute approximate surface area is 73.2 Å². The largest absolute Gasteiger partial charge is 0.394 e. The highest BCUT2D eigenvalue weighted by molar-refractivity contribution is 5.81. The summed E-state index contributed by atoms with van der Waals surface area (Å²) >= 11 is 0. The van der Waals surface area contributed by atoms with Crippen molar-refractivity contribution in [3.05, 3.63) is 0 Å². The predicted molar refractivity (Wildman–Crippen MR) is 46.9 cm³/mol. The molecule has 1 aliphatic rings. The molecule has 2 N–H and O–H groups in total. The van der Waals surface area contributed by atoms with Crippen LogP contribution in [0.3, 0.4) is 0 Å². The van der Waals surface area contributed by atoms with E-state index >= 15 is 0 Å². The van der Waals surface area contributed by atoms with Gasteiger partial charge in [0.15, 0.2) is 0 Å². The summed E-state index contributed by atoms with van der Waals surface area (Å²) in [5.41, 5.74) is -0.592. The number of Topliss-reactive ketones (excluding diaryl/α,β-unsaturated/α-hetero) is 1. The minimum atomic E-state index is -0.418. The van der Waals surface area contributed by atoms with Crippen LogP contribution in [0.1, 0.15) is 33.6 Å². The van der Waals surface area contributed by atoms with Crippen molar-refractivity contribution < 1.29 is 9.90 Å². The van der Waals surface area contributed by atoms with E-state index in [9.17, 15) is 4.79 Å². The Morgan fingerprint density at radius 1 is 1.42 bits per heavy atom. The van der Waals surface area contributed by atoms with Crippen LogP contribution in [-0.4, -0.2) is 28.6 Å². The predicted octanol–water partition coefficient (Wildman–Crippen LogP) is 0.469. The first-order valence-electron chi connectivity index (χ1n) is 4.29. The van der Waals surface area contributed by atoms with Crippen molar-refractivity contribution in [2.75, 3.05) is 6.61 Å². The third-order valence-electron chi connectivity index (χ3n) is 2.22. The van der Waals surface area contributed by atoms with E-state index < -0.39 is 5.54 Å². The van der Waals surface area contributed by atoms with Gasteiger partial charge >= 0.3 is 0 Å². The molecule has 0 aromatic rings. The third kappa shape index (κ3) is 2.05. The van der Waals surface area contributed by atoms with Crippen LogP contribution >= 0.6 is 0 Å². The Morgan fingerprint density at radius 2 is 2.00 bits per heavy atom. The Hall–Kier alpha value is -0.410.